The molecular weight excluding hydrogens is 379 g/mol. The number of aromatic amines is 1. The Balaban J connectivity index is 1.76. The maximum Gasteiger partial charge on any atom is 0.453 e. The van der Waals surface area contributed by atoms with Gasteiger partial charge in [-0.2, -0.15) is 28.0 Å². The van der Waals surface area contributed by atoms with E-state index in [-0.39, 0.29) is 22.8 Å². The highest BCUT2D eigenvalue weighted by Crippen LogP contribution is 2.27. The minimum absolute atomic E-state index is 0.0978. The third-order valence-electron chi connectivity index (χ3n) is 3.04. The smallest absolute Gasteiger partial charge is 0.453 e. The van der Waals surface area contributed by atoms with Crippen molar-refractivity contribution in [1.29, 1.82) is 0 Å². The topological polar surface area (TPSA) is 120 Å². The molecule has 0 fully saturated rings. The number of nitrogens with zero attached hydrogens (tertiary/aromatic N) is 6. The van der Waals surface area contributed by atoms with E-state index in [1.807, 2.05) is 5.10 Å². The second kappa shape index (κ2) is 6.55. The fraction of sp³-hybridized carbons (Fsp3) is 0.167. The van der Waals surface area contributed by atoms with Crippen molar-refractivity contribution in [3.63, 3.8) is 0 Å². The molecule has 26 heavy (non-hydrogen) atoms. The predicted octanol–water partition coefficient (Wildman–Crippen LogP) is 2.59. The van der Waals surface area contributed by atoms with Gasteiger partial charge in [-0.15, -0.1) is 5.10 Å². The molecule has 0 saturated heterocycles. The Morgan fingerprint density at radius 3 is 2.88 bits per heavy atom. The minimum Gasteiger partial charge on any atom is -0.458 e. The largest absolute Gasteiger partial charge is 0.458 e. The zero-order chi connectivity index (χ0) is 18.9. The molecule has 0 radical (unpaired) electrons. The molecule has 136 valence electrons. The van der Waals surface area contributed by atoms with E-state index in [2.05, 4.69) is 15.3 Å². The summed E-state index contributed by atoms with van der Waals surface area (Å²) in [6.45, 7) is 0.0978. The molecule has 0 aliphatic rings. The van der Waals surface area contributed by atoms with Crippen LogP contribution in [0.2, 0.25) is 0 Å². The molecule has 0 spiro atoms. The molecule has 10 nitrogen and oxygen atoms in total. The first-order valence-electron chi connectivity index (χ1n) is 6.78. The van der Waals surface area contributed by atoms with Gasteiger partial charge in [-0.25, -0.2) is 5.10 Å². The molecule has 0 atom stereocenters. The van der Waals surface area contributed by atoms with Crippen LogP contribution in [0.3, 0.4) is 0 Å². The lowest BCUT2D eigenvalue weighted by molar-refractivity contribution is -0.385. The van der Waals surface area contributed by atoms with E-state index in [1.54, 1.807) is 0 Å². The van der Waals surface area contributed by atoms with Crippen LogP contribution in [-0.4, -0.2) is 35.8 Å². The second-order valence-electron chi connectivity index (χ2n) is 4.86. The molecule has 0 amide bonds. The Kier molecular flexibility index (Phi) is 4.41. The molecule has 0 aliphatic heterocycles. The Morgan fingerprint density at radius 1 is 1.46 bits per heavy atom. The SMILES string of the molecule is O=[N+]([O-])c1cnn(Cc2ccc(/C=N\n3c(C(F)(F)F)n[nH]c3=S)o2)c1. The van der Waals surface area contributed by atoms with Gasteiger partial charge in [-0.3, -0.25) is 14.8 Å². The Labute approximate surface area is 146 Å². The zero-order valence-electron chi connectivity index (χ0n) is 12.5. The number of hydrogen-bond donors (Lipinski definition) is 1. The third kappa shape index (κ3) is 3.69. The molecular formula is C12H8F3N7O3S. The van der Waals surface area contributed by atoms with Crippen LogP contribution in [0.1, 0.15) is 17.3 Å². The van der Waals surface area contributed by atoms with E-state index in [0.717, 1.165) is 12.4 Å². The summed E-state index contributed by atoms with van der Waals surface area (Å²) in [5.74, 6) is -0.774. The van der Waals surface area contributed by atoms with Gasteiger partial charge in [0.2, 0.25) is 4.77 Å². The monoisotopic (exact) mass is 387 g/mol. The highest BCUT2D eigenvalue weighted by molar-refractivity contribution is 7.71. The molecule has 0 aromatic carbocycles. The van der Waals surface area contributed by atoms with Gasteiger partial charge >= 0.3 is 11.9 Å². The van der Waals surface area contributed by atoms with Crippen molar-refractivity contribution in [2.24, 2.45) is 5.10 Å². The van der Waals surface area contributed by atoms with Crippen molar-refractivity contribution >= 4 is 24.1 Å². The molecule has 3 aromatic rings. The maximum atomic E-state index is 12.8. The van der Waals surface area contributed by atoms with Gasteiger partial charge in [-0.1, -0.05) is 0 Å². The third-order valence-corrected chi connectivity index (χ3v) is 3.30. The molecule has 14 heteroatoms. The summed E-state index contributed by atoms with van der Waals surface area (Å²) < 4.78 is 45.1. The number of halogens is 3. The number of nitro groups is 1. The second-order valence-corrected chi connectivity index (χ2v) is 5.25. The van der Waals surface area contributed by atoms with Gasteiger partial charge in [0.1, 0.15) is 23.9 Å². The van der Waals surface area contributed by atoms with Gasteiger partial charge in [0.05, 0.1) is 17.7 Å². The van der Waals surface area contributed by atoms with Gasteiger partial charge in [0.25, 0.3) is 5.82 Å². The molecule has 3 aromatic heterocycles. The fourth-order valence-corrected chi connectivity index (χ4v) is 2.12. The number of nitrogens with one attached hydrogen (secondary N) is 1. The fourth-order valence-electron chi connectivity index (χ4n) is 1.94. The normalized spacial score (nSPS) is 12.1. The minimum atomic E-state index is -4.73. The van der Waals surface area contributed by atoms with Crippen LogP contribution in [0.4, 0.5) is 18.9 Å². The molecule has 0 bridgehead atoms. The maximum absolute atomic E-state index is 12.8. The summed E-state index contributed by atoms with van der Waals surface area (Å²) in [5, 5.41) is 23.1. The molecule has 3 heterocycles. The number of furan rings is 1. The lowest BCUT2D eigenvalue weighted by Crippen LogP contribution is -2.12. The van der Waals surface area contributed by atoms with Crippen molar-refractivity contribution < 1.29 is 22.5 Å². The number of aromatic nitrogens is 5. The number of H-pyrrole nitrogens is 1. The summed E-state index contributed by atoms with van der Waals surface area (Å²) in [4.78, 5) is 10.0. The molecule has 1 N–H and O–H groups in total. The first-order valence-corrected chi connectivity index (χ1v) is 7.19. The Hall–Kier alpha value is -3.29. The van der Waals surface area contributed by atoms with E-state index in [4.69, 9.17) is 16.6 Å². The molecule has 0 unspecified atom stereocenters. The van der Waals surface area contributed by atoms with Gasteiger partial charge in [-0.05, 0) is 24.4 Å². The summed E-state index contributed by atoms with van der Waals surface area (Å²) in [6, 6.07) is 3.00. The van der Waals surface area contributed by atoms with E-state index in [1.165, 1.54) is 23.0 Å². The van der Waals surface area contributed by atoms with Crippen molar-refractivity contribution in [1.82, 2.24) is 24.7 Å². The van der Waals surface area contributed by atoms with Gasteiger partial charge in [0, 0.05) is 0 Å². The van der Waals surface area contributed by atoms with Crippen LogP contribution >= 0.6 is 12.2 Å². The van der Waals surface area contributed by atoms with Crippen molar-refractivity contribution in [2.45, 2.75) is 12.7 Å². The van der Waals surface area contributed by atoms with Crippen molar-refractivity contribution in [3.8, 4) is 0 Å². The lowest BCUT2D eigenvalue weighted by atomic mass is 10.4. The average molecular weight is 387 g/mol. The van der Waals surface area contributed by atoms with E-state index >= 15 is 0 Å². The average Bonchev–Trinajstić information content (AvgIpc) is 3.25. The van der Waals surface area contributed by atoms with Crippen molar-refractivity contribution in [3.05, 3.63) is 56.8 Å². The first-order chi connectivity index (χ1) is 12.2. The van der Waals surface area contributed by atoms with Crippen LogP contribution in [0, 0.1) is 14.9 Å². The Bertz CT molecular complexity index is 1030. The van der Waals surface area contributed by atoms with Crippen LogP contribution in [0.25, 0.3) is 0 Å². The molecule has 0 saturated carbocycles. The summed E-state index contributed by atoms with van der Waals surface area (Å²) in [7, 11) is 0. The van der Waals surface area contributed by atoms with Crippen LogP contribution < -0.4 is 0 Å². The molecule has 3 rings (SSSR count). The van der Waals surface area contributed by atoms with E-state index in [9.17, 15) is 23.3 Å². The van der Waals surface area contributed by atoms with Gasteiger partial charge in [0.15, 0.2) is 0 Å². The summed E-state index contributed by atoms with van der Waals surface area (Å²) in [6.07, 6.45) is -1.38. The lowest BCUT2D eigenvalue weighted by Gasteiger charge is -2.03. The Morgan fingerprint density at radius 2 is 2.23 bits per heavy atom. The quantitative estimate of drug-likeness (QED) is 0.311. The number of hydrogen-bond acceptors (Lipinski definition) is 7. The zero-order valence-corrected chi connectivity index (χ0v) is 13.4. The first kappa shape index (κ1) is 17.5. The van der Waals surface area contributed by atoms with Gasteiger partial charge < -0.3 is 4.42 Å². The number of alkyl halides is 3. The molecule has 0 aliphatic carbocycles. The standard InChI is InChI=1S/C12H8F3N7O3S/c13-12(14,15)10-18-19-11(26)21(10)17-4-8-1-2-9(25-8)6-20-5-7(3-16-20)22(23)24/h1-5H,6H2,(H,19,26)/b17-4-. The van der Waals surface area contributed by atoms with E-state index in [0.29, 0.717) is 10.4 Å². The number of rotatable bonds is 5. The predicted molar refractivity (Wildman–Crippen MR) is 82.1 cm³/mol. The van der Waals surface area contributed by atoms with E-state index < -0.39 is 16.9 Å². The van der Waals surface area contributed by atoms with Crippen molar-refractivity contribution in [2.75, 3.05) is 0 Å². The highest BCUT2D eigenvalue weighted by atomic mass is 32.1. The van der Waals surface area contributed by atoms with Crippen LogP contribution in [0.15, 0.2) is 34.0 Å². The van der Waals surface area contributed by atoms with Crippen LogP contribution in [-0.2, 0) is 12.7 Å². The summed E-state index contributed by atoms with van der Waals surface area (Å²) in [5.41, 5.74) is -0.174. The van der Waals surface area contributed by atoms with Crippen LogP contribution in [0.5, 0.6) is 0 Å². The highest BCUT2D eigenvalue weighted by Gasteiger charge is 2.37. The summed E-state index contributed by atoms with van der Waals surface area (Å²) >= 11 is 4.71.